The van der Waals surface area contributed by atoms with Crippen molar-refractivity contribution in [3.63, 3.8) is 0 Å². The average molecular weight is 710 g/mol. The molecule has 0 fully saturated rings. The Balaban J connectivity index is 1.18. The van der Waals surface area contributed by atoms with Crippen LogP contribution in [0, 0.1) is 0 Å². The van der Waals surface area contributed by atoms with Crippen LogP contribution in [-0.4, -0.2) is 69.9 Å². The number of fused-ring (bicyclic) bond motifs is 6. The van der Waals surface area contributed by atoms with Crippen LogP contribution in [0.25, 0.3) is 100 Å². The van der Waals surface area contributed by atoms with Gasteiger partial charge in [-0.2, -0.15) is 0 Å². The molecule has 0 atom stereocenters. The van der Waals surface area contributed by atoms with Crippen LogP contribution >= 0.6 is 0 Å². The molecule has 14 radical (unpaired) electrons. The van der Waals surface area contributed by atoms with E-state index in [-0.39, 0.29) is 49.4 Å². The van der Waals surface area contributed by atoms with E-state index < -0.39 is 0 Å². The summed E-state index contributed by atoms with van der Waals surface area (Å²) < 4.78 is 12.3. The Hall–Kier alpha value is -6.40. The number of nitrogens with zero attached hydrogens (tertiary/aromatic N) is 3. The zero-order valence-electron chi connectivity index (χ0n) is 30.2. The fourth-order valence-electron chi connectivity index (χ4n) is 7.68. The summed E-state index contributed by atoms with van der Waals surface area (Å²) >= 11 is 0. The summed E-state index contributed by atoms with van der Waals surface area (Å²) in [7, 11) is 45.6. The lowest BCUT2D eigenvalue weighted by atomic mass is 9.64. The third-order valence-electron chi connectivity index (χ3n) is 10.6. The Morgan fingerprint density at radius 2 is 0.895 bits per heavy atom. The van der Waals surface area contributed by atoms with Gasteiger partial charge in [-0.25, -0.2) is 15.0 Å². The molecule has 3 heterocycles. The zero-order chi connectivity index (χ0) is 39.1. The second-order valence-electron chi connectivity index (χ2n) is 13.9. The minimum atomic E-state index is 0.109. The number of furan rings is 2. The van der Waals surface area contributed by atoms with E-state index in [9.17, 15) is 0 Å². The maximum atomic E-state index is 6.96. The second-order valence-corrected chi connectivity index (χ2v) is 13.9. The molecule has 248 valence electrons. The number of hydrogen-bond donors (Lipinski definition) is 0. The summed E-state index contributed by atoms with van der Waals surface area (Å²) in [6.07, 6.45) is 0. The van der Waals surface area contributed by atoms with Gasteiger partial charge in [-0.1, -0.05) is 130 Å². The molecule has 3 aromatic heterocycles. The summed E-state index contributed by atoms with van der Waals surface area (Å²) in [4.78, 5) is 15.2. The lowest BCUT2D eigenvalue weighted by Gasteiger charge is -2.17. The van der Waals surface area contributed by atoms with E-state index in [0.29, 0.717) is 44.9 Å². The normalized spacial score (nSPS) is 11.6. The highest BCUT2D eigenvalue weighted by atomic mass is 16.3. The van der Waals surface area contributed by atoms with Crippen LogP contribution in [0.2, 0.25) is 0 Å². The van der Waals surface area contributed by atoms with Crippen LogP contribution in [0.5, 0.6) is 0 Å². The van der Waals surface area contributed by atoms with Crippen LogP contribution in [0.4, 0.5) is 0 Å². The first-order valence-corrected chi connectivity index (χ1v) is 18.1. The van der Waals surface area contributed by atoms with Crippen molar-refractivity contribution in [2.75, 3.05) is 0 Å². The Bertz CT molecular complexity index is 3270. The molecule has 0 aliphatic carbocycles. The number of aromatic nitrogens is 3. The van der Waals surface area contributed by atoms with Gasteiger partial charge >= 0.3 is 0 Å². The molecule has 0 bridgehead atoms. The summed E-state index contributed by atoms with van der Waals surface area (Å²) in [6.45, 7) is 0. The topological polar surface area (TPSA) is 65.0 Å². The van der Waals surface area contributed by atoms with Crippen molar-refractivity contribution in [2.24, 2.45) is 0 Å². The molecule has 0 aliphatic rings. The van der Waals surface area contributed by atoms with E-state index in [2.05, 4.69) is 24.3 Å². The minimum absolute atomic E-state index is 0.109. The predicted octanol–water partition coefficient (Wildman–Crippen LogP) is 3.56. The highest BCUT2D eigenvalue weighted by molar-refractivity contribution is 6.69. The van der Waals surface area contributed by atoms with Crippen molar-refractivity contribution in [2.45, 2.75) is 0 Å². The largest absolute Gasteiger partial charge is 0.457 e. The molecule has 57 heavy (non-hydrogen) atoms. The monoisotopic (exact) mass is 711 g/mol. The SMILES string of the molecule is [B]c1c([B])c([B])c2c(oc3c([B])c([B])c(-c4cccc(-c5nc(-c6ccc(-c7ccccc7)cc6)nc(-c6cccc7oc8ccccc8c67)n5)c4)c([B])c32)c1[B]. The average Bonchev–Trinajstić information content (AvgIpc) is 3.85. The molecule has 12 heteroatoms. The fourth-order valence-corrected chi connectivity index (χ4v) is 7.68. The van der Waals surface area contributed by atoms with Gasteiger partial charge in [-0.15, -0.1) is 10.9 Å². The van der Waals surface area contributed by atoms with E-state index >= 15 is 0 Å². The molecule has 5 nitrogen and oxygen atoms in total. The number of rotatable bonds is 5. The van der Waals surface area contributed by atoms with Gasteiger partial charge in [0.2, 0.25) is 0 Å². The van der Waals surface area contributed by atoms with Crippen molar-refractivity contribution < 1.29 is 8.83 Å². The molecule has 0 unspecified atom stereocenters. The Morgan fingerprint density at radius 1 is 0.351 bits per heavy atom. The Kier molecular flexibility index (Phi) is 8.22. The Labute approximate surface area is 337 Å². The van der Waals surface area contributed by atoms with Gasteiger partial charge in [0.15, 0.2) is 17.5 Å². The van der Waals surface area contributed by atoms with Crippen LogP contribution < -0.4 is 38.2 Å². The minimum Gasteiger partial charge on any atom is -0.457 e. The van der Waals surface area contributed by atoms with Crippen molar-refractivity contribution >= 4 is 137 Å². The molecule has 0 saturated heterocycles. The van der Waals surface area contributed by atoms with Crippen molar-refractivity contribution in [1.29, 1.82) is 0 Å². The quantitative estimate of drug-likeness (QED) is 0.256. The molecule has 0 spiro atoms. The predicted molar refractivity (Wildman–Crippen MR) is 239 cm³/mol. The highest BCUT2D eigenvalue weighted by Crippen LogP contribution is 2.37. The summed E-state index contributed by atoms with van der Waals surface area (Å²) in [5.74, 6) is 1.39. The van der Waals surface area contributed by atoms with Gasteiger partial charge in [0.25, 0.3) is 0 Å². The van der Waals surface area contributed by atoms with Gasteiger partial charge in [-0.3, -0.25) is 0 Å². The van der Waals surface area contributed by atoms with E-state index in [1.165, 1.54) is 0 Å². The van der Waals surface area contributed by atoms with E-state index in [1.54, 1.807) is 0 Å². The molecule has 0 amide bonds. The van der Waals surface area contributed by atoms with Crippen molar-refractivity contribution in [3.8, 4) is 56.4 Å². The van der Waals surface area contributed by atoms with Crippen LogP contribution in [0.3, 0.4) is 0 Å². The first-order chi connectivity index (χ1) is 27.7. The van der Waals surface area contributed by atoms with Gasteiger partial charge in [-0.05, 0) is 40.5 Å². The second kappa shape index (κ2) is 13.4. The standard InChI is InChI=1S/C45H20B7N3O2/c46-34-30(35(47)39(51)41-32(34)33-36(48)37(49)38(50)40(52)42(33)57-41)24-10-6-11-25(20-24)44-53-43(23-18-16-22(17-19-23)21-8-2-1-3-9-21)54-45(55-44)27-13-7-15-29-31(27)26-12-4-5-14-28(26)56-29/h1-20H. The van der Waals surface area contributed by atoms with Gasteiger partial charge in [0, 0.05) is 38.2 Å². The van der Waals surface area contributed by atoms with Gasteiger partial charge in [0.1, 0.15) is 77.3 Å². The number of benzene rings is 7. The molecule has 7 aromatic carbocycles. The third kappa shape index (κ3) is 5.53. The smallest absolute Gasteiger partial charge is 0.164 e. The lowest BCUT2D eigenvalue weighted by molar-refractivity contribution is 0.669. The van der Waals surface area contributed by atoms with E-state index in [1.807, 2.05) is 97.1 Å². The molecule has 10 rings (SSSR count). The Morgan fingerprint density at radius 3 is 1.67 bits per heavy atom. The highest BCUT2D eigenvalue weighted by Gasteiger charge is 2.23. The van der Waals surface area contributed by atoms with Crippen LogP contribution in [0.15, 0.2) is 130 Å². The number of para-hydroxylation sites is 1. The number of hydrogen-bond acceptors (Lipinski definition) is 5. The van der Waals surface area contributed by atoms with E-state index in [0.717, 1.165) is 44.2 Å². The van der Waals surface area contributed by atoms with E-state index in [4.69, 9.17) is 78.7 Å². The van der Waals surface area contributed by atoms with Crippen molar-refractivity contribution in [3.05, 3.63) is 121 Å². The van der Waals surface area contributed by atoms with Crippen LogP contribution in [0.1, 0.15) is 0 Å². The summed E-state index contributed by atoms with van der Waals surface area (Å²) in [5, 5.41) is 2.70. The third-order valence-corrected chi connectivity index (χ3v) is 10.6. The molecule has 10 aromatic rings. The maximum absolute atomic E-state index is 6.96. The zero-order valence-corrected chi connectivity index (χ0v) is 30.2. The van der Waals surface area contributed by atoms with Gasteiger partial charge < -0.3 is 8.83 Å². The van der Waals surface area contributed by atoms with Crippen molar-refractivity contribution in [1.82, 2.24) is 15.0 Å². The molecular formula is C45H20B7N3O2. The summed E-state index contributed by atoms with van der Waals surface area (Å²) in [6, 6.07) is 39.7. The summed E-state index contributed by atoms with van der Waals surface area (Å²) in [5.41, 5.74) is 8.73. The molecule has 0 saturated carbocycles. The fraction of sp³-hybridized carbons (Fsp3) is 0. The van der Waals surface area contributed by atoms with Crippen LogP contribution in [-0.2, 0) is 0 Å². The molecule has 0 aliphatic heterocycles. The first-order valence-electron chi connectivity index (χ1n) is 18.1. The maximum Gasteiger partial charge on any atom is 0.164 e. The molecular weight excluding hydrogens is 690 g/mol. The van der Waals surface area contributed by atoms with Gasteiger partial charge in [0.05, 0.1) is 0 Å². The first kappa shape index (κ1) is 35.0. The lowest BCUT2D eigenvalue weighted by Crippen LogP contribution is -2.47. The molecule has 0 N–H and O–H groups in total.